The zero-order chi connectivity index (χ0) is 14.7. The van der Waals surface area contributed by atoms with Crippen molar-refractivity contribution in [1.29, 1.82) is 0 Å². The quantitative estimate of drug-likeness (QED) is 0.751. The molecule has 2 nitrogen and oxygen atoms in total. The highest BCUT2D eigenvalue weighted by atomic mass is 35.5. The van der Waals surface area contributed by atoms with Crippen LogP contribution in [0.25, 0.3) is 10.1 Å². The highest BCUT2D eigenvalue weighted by molar-refractivity contribution is 7.17. The van der Waals surface area contributed by atoms with Gasteiger partial charge in [-0.2, -0.15) is 0 Å². The maximum absolute atomic E-state index is 6.19. The lowest BCUT2D eigenvalue weighted by molar-refractivity contribution is 0.288. The molecular weight excluding hydrogens is 302 g/mol. The molecule has 1 aromatic heterocycles. The normalized spacial score (nSPS) is 12.5. The van der Waals surface area contributed by atoms with Crippen LogP contribution in [0.3, 0.4) is 0 Å². The number of nitrogens with two attached hydrogens (primary N) is 1. The third-order valence-electron chi connectivity index (χ3n) is 3.30. The van der Waals surface area contributed by atoms with Crippen molar-refractivity contribution in [2.24, 2.45) is 5.73 Å². The van der Waals surface area contributed by atoms with E-state index in [1.165, 1.54) is 15.6 Å². The number of fused-ring (bicyclic) bond motifs is 1. The van der Waals surface area contributed by atoms with Crippen molar-refractivity contribution in [1.82, 2.24) is 0 Å². The molecule has 2 N–H and O–H groups in total. The van der Waals surface area contributed by atoms with Crippen LogP contribution in [0.15, 0.2) is 53.9 Å². The molecule has 0 bridgehead atoms. The van der Waals surface area contributed by atoms with E-state index in [0.29, 0.717) is 11.6 Å². The molecule has 2 aromatic carbocycles. The number of ether oxygens (including phenoxy) is 1. The SMILES string of the molecule is NC(COc1cccc(Cl)c1)Cc1csc2ccccc12. The average Bonchev–Trinajstić information content (AvgIpc) is 2.89. The average molecular weight is 318 g/mol. The lowest BCUT2D eigenvalue weighted by Crippen LogP contribution is -2.30. The minimum atomic E-state index is -0.0398. The largest absolute Gasteiger partial charge is 0.492 e. The number of benzene rings is 2. The first-order valence-electron chi connectivity index (χ1n) is 6.81. The maximum atomic E-state index is 6.19. The molecule has 0 aliphatic heterocycles. The van der Waals surface area contributed by atoms with Crippen LogP contribution < -0.4 is 10.5 Å². The first-order chi connectivity index (χ1) is 10.2. The lowest BCUT2D eigenvalue weighted by atomic mass is 10.1. The van der Waals surface area contributed by atoms with Gasteiger partial charge in [-0.15, -0.1) is 11.3 Å². The number of rotatable bonds is 5. The smallest absolute Gasteiger partial charge is 0.120 e. The second-order valence-electron chi connectivity index (χ2n) is 4.99. The van der Waals surface area contributed by atoms with Crippen LogP contribution in [-0.2, 0) is 6.42 Å². The van der Waals surface area contributed by atoms with Gasteiger partial charge in [0.1, 0.15) is 12.4 Å². The van der Waals surface area contributed by atoms with Gasteiger partial charge in [-0.25, -0.2) is 0 Å². The Morgan fingerprint density at radius 3 is 2.86 bits per heavy atom. The first kappa shape index (κ1) is 14.4. The van der Waals surface area contributed by atoms with E-state index >= 15 is 0 Å². The van der Waals surface area contributed by atoms with Crippen molar-refractivity contribution in [3.05, 3.63) is 64.5 Å². The molecular formula is C17H16ClNOS. The predicted octanol–water partition coefficient (Wildman–Crippen LogP) is 4.50. The number of hydrogen-bond donors (Lipinski definition) is 1. The molecule has 0 saturated heterocycles. The molecule has 0 radical (unpaired) electrons. The first-order valence-corrected chi connectivity index (χ1v) is 8.07. The maximum Gasteiger partial charge on any atom is 0.120 e. The van der Waals surface area contributed by atoms with E-state index < -0.39 is 0 Å². The summed E-state index contributed by atoms with van der Waals surface area (Å²) in [6, 6.07) is 15.7. The van der Waals surface area contributed by atoms with Gasteiger partial charge < -0.3 is 10.5 Å². The van der Waals surface area contributed by atoms with Gasteiger partial charge in [-0.05, 0) is 47.0 Å². The Morgan fingerprint density at radius 1 is 1.14 bits per heavy atom. The Balaban J connectivity index is 1.62. The molecule has 3 rings (SSSR count). The van der Waals surface area contributed by atoms with Gasteiger partial charge in [0.05, 0.1) is 0 Å². The molecule has 1 unspecified atom stereocenters. The summed E-state index contributed by atoms with van der Waals surface area (Å²) in [5.74, 6) is 0.758. The summed E-state index contributed by atoms with van der Waals surface area (Å²) in [5.41, 5.74) is 7.48. The zero-order valence-electron chi connectivity index (χ0n) is 11.5. The number of thiophene rings is 1. The van der Waals surface area contributed by atoms with Crippen molar-refractivity contribution >= 4 is 33.0 Å². The minimum absolute atomic E-state index is 0.0398. The second kappa shape index (κ2) is 6.48. The lowest BCUT2D eigenvalue weighted by Gasteiger charge is -2.13. The van der Waals surface area contributed by atoms with E-state index in [2.05, 4.69) is 29.6 Å². The van der Waals surface area contributed by atoms with Gasteiger partial charge in [0.25, 0.3) is 0 Å². The summed E-state index contributed by atoms with van der Waals surface area (Å²) >= 11 is 7.69. The molecule has 1 atom stereocenters. The summed E-state index contributed by atoms with van der Waals surface area (Å²) in [7, 11) is 0. The molecule has 21 heavy (non-hydrogen) atoms. The standard InChI is InChI=1S/C17H16ClNOS/c18-13-4-3-5-15(9-13)20-10-14(19)8-12-11-21-17-7-2-1-6-16(12)17/h1-7,9,11,14H,8,10,19H2. The third kappa shape index (κ3) is 3.56. The van der Waals surface area contributed by atoms with E-state index in [1.807, 2.05) is 18.2 Å². The summed E-state index contributed by atoms with van der Waals surface area (Å²) in [5, 5.41) is 4.15. The van der Waals surface area contributed by atoms with Gasteiger partial charge in [0.2, 0.25) is 0 Å². The van der Waals surface area contributed by atoms with E-state index in [0.717, 1.165) is 12.2 Å². The Hall–Kier alpha value is -1.55. The van der Waals surface area contributed by atoms with Gasteiger partial charge in [-0.1, -0.05) is 35.9 Å². The predicted molar refractivity (Wildman–Crippen MR) is 90.5 cm³/mol. The molecule has 0 amide bonds. The molecule has 0 spiro atoms. The van der Waals surface area contributed by atoms with Crippen molar-refractivity contribution < 1.29 is 4.74 Å². The minimum Gasteiger partial charge on any atom is -0.492 e. The van der Waals surface area contributed by atoms with Crippen molar-refractivity contribution in [3.8, 4) is 5.75 Å². The van der Waals surface area contributed by atoms with Crippen LogP contribution in [0.2, 0.25) is 5.02 Å². The van der Waals surface area contributed by atoms with E-state index in [4.69, 9.17) is 22.1 Å². The van der Waals surface area contributed by atoms with Gasteiger partial charge in [-0.3, -0.25) is 0 Å². The van der Waals surface area contributed by atoms with Crippen LogP contribution in [0, 0.1) is 0 Å². The van der Waals surface area contributed by atoms with Crippen molar-refractivity contribution in [3.63, 3.8) is 0 Å². The van der Waals surface area contributed by atoms with E-state index in [9.17, 15) is 0 Å². The monoisotopic (exact) mass is 317 g/mol. The van der Waals surface area contributed by atoms with E-state index in [-0.39, 0.29) is 6.04 Å². The number of hydrogen-bond acceptors (Lipinski definition) is 3. The summed E-state index contributed by atoms with van der Waals surface area (Å²) < 4.78 is 7.00. The fourth-order valence-electron chi connectivity index (χ4n) is 2.29. The molecule has 4 heteroatoms. The van der Waals surface area contributed by atoms with E-state index in [1.54, 1.807) is 17.4 Å². The van der Waals surface area contributed by atoms with Crippen molar-refractivity contribution in [2.75, 3.05) is 6.61 Å². The van der Waals surface area contributed by atoms with Crippen LogP contribution in [-0.4, -0.2) is 12.6 Å². The van der Waals surface area contributed by atoms with Crippen LogP contribution in [0.4, 0.5) is 0 Å². The molecule has 108 valence electrons. The Morgan fingerprint density at radius 2 is 2.00 bits per heavy atom. The van der Waals surface area contributed by atoms with Gasteiger partial charge >= 0.3 is 0 Å². The Bertz CT molecular complexity index is 740. The second-order valence-corrected chi connectivity index (χ2v) is 6.34. The summed E-state index contributed by atoms with van der Waals surface area (Å²) in [4.78, 5) is 0. The molecule has 0 fully saturated rings. The molecule has 0 aliphatic carbocycles. The van der Waals surface area contributed by atoms with Gasteiger partial charge in [0, 0.05) is 15.8 Å². The van der Waals surface area contributed by atoms with Crippen LogP contribution >= 0.6 is 22.9 Å². The fraction of sp³-hybridized carbons (Fsp3) is 0.176. The molecule has 0 saturated carbocycles. The third-order valence-corrected chi connectivity index (χ3v) is 4.55. The molecule has 3 aromatic rings. The van der Waals surface area contributed by atoms with Crippen LogP contribution in [0.1, 0.15) is 5.56 Å². The van der Waals surface area contributed by atoms with Crippen molar-refractivity contribution in [2.45, 2.75) is 12.5 Å². The molecule has 0 aliphatic rings. The Kier molecular flexibility index (Phi) is 4.44. The Labute approximate surface area is 133 Å². The molecule has 1 heterocycles. The van der Waals surface area contributed by atoms with Gasteiger partial charge in [0.15, 0.2) is 0 Å². The zero-order valence-corrected chi connectivity index (χ0v) is 13.0. The summed E-state index contributed by atoms with van der Waals surface area (Å²) in [6.07, 6.45) is 0.810. The summed E-state index contributed by atoms with van der Waals surface area (Å²) in [6.45, 7) is 0.477. The topological polar surface area (TPSA) is 35.2 Å². The highest BCUT2D eigenvalue weighted by Crippen LogP contribution is 2.26. The highest BCUT2D eigenvalue weighted by Gasteiger charge is 2.09. The number of halogens is 1. The van der Waals surface area contributed by atoms with Crippen LogP contribution in [0.5, 0.6) is 5.75 Å². The fourth-order valence-corrected chi connectivity index (χ4v) is 3.45.